The van der Waals surface area contributed by atoms with Crippen molar-refractivity contribution in [1.29, 1.82) is 0 Å². The lowest BCUT2D eigenvalue weighted by Gasteiger charge is -2.23. The normalized spacial score (nSPS) is 15.8. The van der Waals surface area contributed by atoms with Gasteiger partial charge in [0.1, 0.15) is 0 Å². The van der Waals surface area contributed by atoms with E-state index in [2.05, 4.69) is 46.4 Å². The van der Waals surface area contributed by atoms with Gasteiger partial charge in [-0.1, -0.05) is 54.6 Å². The van der Waals surface area contributed by atoms with Crippen LogP contribution in [0, 0.1) is 0 Å². The number of nitrogens with zero attached hydrogens (tertiary/aromatic N) is 2. The van der Waals surface area contributed by atoms with Gasteiger partial charge in [0.2, 0.25) is 12.2 Å². The van der Waals surface area contributed by atoms with E-state index in [1.807, 2.05) is 18.2 Å². The predicted octanol–water partition coefficient (Wildman–Crippen LogP) is 3.55. The van der Waals surface area contributed by atoms with Crippen molar-refractivity contribution in [2.45, 2.75) is 5.92 Å². The van der Waals surface area contributed by atoms with Crippen molar-refractivity contribution >= 4 is 29.0 Å². The Kier molecular flexibility index (Phi) is 4.39. The third-order valence-corrected chi connectivity index (χ3v) is 4.01. The Bertz CT molecular complexity index is 893. The van der Waals surface area contributed by atoms with E-state index >= 15 is 0 Å². The summed E-state index contributed by atoms with van der Waals surface area (Å²) >= 11 is 0. The monoisotopic (exact) mass is 302 g/mol. The molecule has 1 aliphatic carbocycles. The standard InChI is InChI=1S/C19H14N2O2/c22-12-20-10-9-16(11-21-13-23)17-8-7-15-4-1-3-14-5-2-6-18(17)19(14)15/h1-9,17H,10-11H2. The Balaban J connectivity index is 2.10. The third kappa shape index (κ3) is 2.95. The summed E-state index contributed by atoms with van der Waals surface area (Å²) in [5.41, 5.74) is 3.27. The minimum absolute atomic E-state index is 0.00699. The molecule has 0 radical (unpaired) electrons. The second kappa shape index (κ2) is 6.80. The van der Waals surface area contributed by atoms with Crippen molar-refractivity contribution in [1.82, 2.24) is 0 Å². The third-order valence-electron chi connectivity index (χ3n) is 4.01. The number of carbonyl (C=O) groups excluding carboxylic acids is 2. The van der Waals surface area contributed by atoms with Gasteiger partial charge in [-0.05, 0) is 27.5 Å². The maximum atomic E-state index is 10.5. The quantitative estimate of drug-likeness (QED) is 0.482. The topological polar surface area (TPSA) is 58.9 Å². The molecule has 23 heavy (non-hydrogen) atoms. The fraction of sp³-hybridized carbons (Fsp3) is 0.158. The minimum atomic E-state index is 0.00699. The Morgan fingerprint density at radius 2 is 1.87 bits per heavy atom. The molecule has 112 valence electrons. The van der Waals surface area contributed by atoms with Crippen LogP contribution in [0.4, 0.5) is 0 Å². The zero-order chi connectivity index (χ0) is 16.1. The van der Waals surface area contributed by atoms with Crippen molar-refractivity contribution in [3.63, 3.8) is 0 Å². The Hall–Kier alpha value is -3.06. The van der Waals surface area contributed by atoms with Crippen LogP contribution in [0.2, 0.25) is 0 Å². The van der Waals surface area contributed by atoms with Gasteiger partial charge in [-0.2, -0.15) is 0 Å². The van der Waals surface area contributed by atoms with Crippen LogP contribution < -0.4 is 0 Å². The summed E-state index contributed by atoms with van der Waals surface area (Å²) in [6, 6.07) is 12.4. The Morgan fingerprint density at radius 3 is 2.65 bits per heavy atom. The summed E-state index contributed by atoms with van der Waals surface area (Å²) in [7, 11) is 0. The predicted molar refractivity (Wildman–Crippen MR) is 89.8 cm³/mol. The molecule has 1 aliphatic rings. The molecule has 2 aromatic carbocycles. The molecule has 0 bridgehead atoms. The molecule has 1 atom stereocenters. The van der Waals surface area contributed by atoms with Crippen molar-refractivity contribution in [2.75, 3.05) is 13.1 Å². The fourth-order valence-corrected chi connectivity index (χ4v) is 3.04. The van der Waals surface area contributed by atoms with E-state index in [1.165, 1.54) is 28.0 Å². The summed E-state index contributed by atoms with van der Waals surface area (Å²) in [5, 5.41) is 2.39. The zero-order valence-corrected chi connectivity index (χ0v) is 12.4. The molecule has 0 heterocycles. The highest BCUT2D eigenvalue weighted by atomic mass is 16.1. The van der Waals surface area contributed by atoms with Crippen LogP contribution in [-0.4, -0.2) is 25.2 Å². The smallest absolute Gasteiger partial charge is 0.211 e. The zero-order valence-electron chi connectivity index (χ0n) is 12.4. The van der Waals surface area contributed by atoms with Gasteiger partial charge in [0, 0.05) is 5.92 Å². The van der Waals surface area contributed by atoms with E-state index in [1.54, 1.807) is 6.08 Å². The molecule has 0 spiro atoms. The molecule has 2 aromatic rings. The number of aliphatic imine (C=N–C) groups is 2. The highest BCUT2D eigenvalue weighted by molar-refractivity contribution is 5.96. The van der Waals surface area contributed by atoms with Crippen LogP contribution >= 0.6 is 0 Å². The molecular weight excluding hydrogens is 288 g/mol. The Morgan fingerprint density at radius 1 is 1.09 bits per heavy atom. The van der Waals surface area contributed by atoms with Gasteiger partial charge in [0.25, 0.3) is 0 Å². The van der Waals surface area contributed by atoms with E-state index in [0.717, 1.165) is 5.57 Å². The second-order valence-electron chi connectivity index (χ2n) is 5.25. The maximum absolute atomic E-state index is 10.5. The molecule has 4 nitrogen and oxygen atoms in total. The molecule has 0 N–H and O–H groups in total. The van der Waals surface area contributed by atoms with Gasteiger partial charge in [0.05, 0.1) is 13.1 Å². The maximum Gasteiger partial charge on any atom is 0.235 e. The van der Waals surface area contributed by atoms with Gasteiger partial charge in [-0.25, -0.2) is 19.6 Å². The average Bonchev–Trinajstić information content (AvgIpc) is 2.59. The number of isocyanates is 2. The van der Waals surface area contributed by atoms with Crippen LogP contribution in [-0.2, 0) is 9.59 Å². The summed E-state index contributed by atoms with van der Waals surface area (Å²) in [6.07, 6.45) is 9.10. The average molecular weight is 302 g/mol. The van der Waals surface area contributed by atoms with Gasteiger partial charge >= 0.3 is 0 Å². The van der Waals surface area contributed by atoms with E-state index in [4.69, 9.17) is 0 Å². The van der Waals surface area contributed by atoms with Crippen molar-refractivity contribution in [2.24, 2.45) is 9.98 Å². The number of allylic oxidation sites excluding steroid dienone is 1. The molecule has 0 aromatic heterocycles. The van der Waals surface area contributed by atoms with Gasteiger partial charge in [0.15, 0.2) is 0 Å². The number of benzene rings is 2. The lowest BCUT2D eigenvalue weighted by atomic mass is 9.82. The summed E-state index contributed by atoms with van der Waals surface area (Å²) in [6.45, 7) is 0.473. The van der Waals surface area contributed by atoms with Crippen LogP contribution in [0.15, 0.2) is 64.1 Å². The van der Waals surface area contributed by atoms with Crippen LogP contribution in [0.3, 0.4) is 0 Å². The summed E-state index contributed by atoms with van der Waals surface area (Å²) in [4.78, 5) is 28.0. The lowest BCUT2D eigenvalue weighted by Crippen LogP contribution is -2.07. The summed E-state index contributed by atoms with van der Waals surface area (Å²) < 4.78 is 0. The van der Waals surface area contributed by atoms with Gasteiger partial charge in [-0.15, -0.1) is 0 Å². The molecule has 3 rings (SSSR count). The number of hydrogen-bond acceptors (Lipinski definition) is 4. The first-order valence-electron chi connectivity index (χ1n) is 7.31. The van der Waals surface area contributed by atoms with E-state index in [-0.39, 0.29) is 19.0 Å². The molecule has 0 fully saturated rings. The minimum Gasteiger partial charge on any atom is -0.211 e. The van der Waals surface area contributed by atoms with Crippen molar-refractivity contribution < 1.29 is 9.59 Å². The van der Waals surface area contributed by atoms with Gasteiger partial charge < -0.3 is 0 Å². The van der Waals surface area contributed by atoms with Crippen molar-refractivity contribution in [3.05, 3.63) is 65.3 Å². The second-order valence-corrected chi connectivity index (χ2v) is 5.25. The van der Waals surface area contributed by atoms with Crippen molar-refractivity contribution in [3.8, 4) is 0 Å². The number of hydrogen-bond donors (Lipinski definition) is 0. The lowest BCUT2D eigenvalue weighted by molar-refractivity contribution is 0.562. The molecule has 4 heteroatoms. The SMILES string of the molecule is O=C=NCC=C(CN=C=O)C1C=Cc2cccc3cccc1c23. The highest BCUT2D eigenvalue weighted by Crippen LogP contribution is 2.38. The Labute approximate surface area is 133 Å². The molecule has 1 unspecified atom stereocenters. The van der Waals surface area contributed by atoms with Gasteiger partial charge in [-0.3, -0.25) is 0 Å². The van der Waals surface area contributed by atoms with Crippen LogP contribution in [0.1, 0.15) is 17.0 Å². The summed E-state index contributed by atoms with van der Waals surface area (Å²) in [5.74, 6) is 0.00699. The highest BCUT2D eigenvalue weighted by Gasteiger charge is 2.20. The molecule has 0 saturated carbocycles. The largest absolute Gasteiger partial charge is 0.235 e. The fourth-order valence-electron chi connectivity index (χ4n) is 3.04. The van der Waals surface area contributed by atoms with E-state index < -0.39 is 0 Å². The first-order chi connectivity index (χ1) is 11.3. The molecule has 0 saturated heterocycles. The van der Waals surface area contributed by atoms with E-state index in [0.29, 0.717) is 0 Å². The molecule has 0 amide bonds. The van der Waals surface area contributed by atoms with Crippen LogP contribution in [0.25, 0.3) is 16.8 Å². The first kappa shape index (κ1) is 14.9. The molecular formula is C19H14N2O2. The number of rotatable bonds is 5. The molecule has 0 aliphatic heterocycles. The first-order valence-corrected chi connectivity index (χ1v) is 7.31. The van der Waals surface area contributed by atoms with Crippen LogP contribution in [0.5, 0.6) is 0 Å². The van der Waals surface area contributed by atoms with E-state index in [9.17, 15) is 9.59 Å².